The summed E-state index contributed by atoms with van der Waals surface area (Å²) in [5, 5.41) is 10.1. The Morgan fingerprint density at radius 3 is 2.41 bits per heavy atom. The van der Waals surface area contributed by atoms with E-state index in [0.717, 1.165) is 90.5 Å². The third kappa shape index (κ3) is 6.31. The van der Waals surface area contributed by atoms with Crippen molar-refractivity contribution in [3.05, 3.63) is 0 Å². The molecule has 4 rings (SSSR count). The fraction of sp³-hybridized carbons (Fsp3) is 0.923. The van der Waals surface area contributed by atoms with Gasteiger partial charge in [-0.2, -0.15) is 0 Å². The third-order valence-electron chi connectivity index (χ3n) is 8.81. The number of hydrogen-bond acceptors (Lipinski definition) is 6. The van der Waals surface area contributed by atoms with Crippen LogP contribution in [0.25, 0.3) is 0 Å². The molecule has 0 spiro atoms. The standard InChI is InChI=1S/C26H46N4O4/c1-33-22-7-5-8-23(34-2)24(22)26(32)30-14-10-18(11-15-30)6-3-4-12-28-25(31)21-16-19-17-27-13-9-20(19)29-21/h18-24,27,29H,3-17H2,1-2H3,(H,28,31). The summed E-state index contributed by atoms with van der Waals surface area (Å²) < 4.78 is 11.3. The van der Waals surface area contributed by atoms with Gasteiger partial charge in [-0.3, -0.25) is 9.59 Å². The molecule has 194 valence electrons. The Hall–Kier alpha value is -1.22. The molecule has 5 atom stereocenters. The Kier molecular flexibility index (Phi) is 9.62. The molecule has 34 heavy (non-hydrogen) atoms. The zero-order valence-corrected chi connectivity index (χ0v) is 21.2. The minimum absolute atomic E-state index is 0.0173. The molecule has 4 aliphatic rings. The van der Waals surface area contributed by atoms with Crippen LogP contribution in [0, 0.1) is 17.8 Å². The second-order valence-corrected chi connectivity index (χ2v) is 10.9. The van der Waals surface area contributed by atoms with Gasteiger partial charge >= 0.3 is 0 Å². The Morgan fingerprint density at radius 1 is 1.00 bits per heavy atom. The number of piperidine rings is 2. The van der Waals surface area contributed by atoms with E-state index in [-0.39, 0.29) is 36.0 Å². The predicted octanol–water partition coefficient (Wildman–Crippen LogP) is 1.68. The molecule has 3 N–H and O–H groups in total. The lowest BCUT2D eigenvalue weighted by Crippen LogP contribution is -2.51. The summed E-state index contributed by atoms with van der Waals surface area (Å²) >= 11 is 0. The first-order valence-corrected chi connectivity index (χ1v) is 13.7. The van der Waals surface area contributed by atoms with Gasteiger partial charge < -0.3 is 30.3 Å². The van der Waals surface area contributed by atoms with E-state index in [9.17, 15) is 9.59 Å². The number of amides is 2. The topological polar surface area (TPSA) is 91.9 Å². The predicted molar refractivity (Wildman–Crippen MR) is 131 cm³/mol. The molecule has 8 heteroatoms. The average Bonchev–Trinajstić information content (AvgIpc) is 3.32. The second kappa shape index (κ2) is 12.7. The van der Waals surface area contributed by atoms with Gasteiger partial charge in [0.1, 0.15) is 0 Å². The lowest BCUT2D eigenvalue weighted by Gasteiger charge is -2.40. The molecule has 0 aromatic carbocycles. The Bertz CT molecular complexity index is 643. The molecule has 8 nitrogen and oxygen atoms in total. The van der Waals surface area contributed by atoms with Crippen molar-refractivity contribution in [1.29, 1.82) is 0 Å². The monoisotopic (exact) mass is 478 g/mol. The Balaban J connectivity index is 1.10. The van der Waals surface area contributed by atoms with Crippen LogP contribution in [0.4, 0.5) is 0 Å². The molecular formula is C26H46N4O4. The highest BCUT2D eigenvalue weighted by Gasteiger charge is 2.42. The molecule has 4 fully saturated rings. The number of unbranched alkanes of at least 4 members (excludes halogenated alkanes) is 1. The Labute approximate surface area is 205 Å². The van der Waals surface area contributed by atoms with Crippen molar-refractivity contribution in [3.63, 3.8) is 0 Å². The highest BCUT2D eigenvalue weighted by atomic mass is 16.5. The Morgan fingerprint density at radius 2 is 1.74 bits per heavy atom. The fourth-order valence-corrected chi connectivity index (χ4v) is 6.71. The SMILES string of the molecule is COC1CCCC(OC)C1C(=O)N1CCC(CCCCNC(=O)C2CC3CNCCC3N2)CC1. The smallest absolute Gasteiger partial charge is 0.237 e. The van der Waals surface area contributed by atoms with E-state index in [0.29, 0.717) is 17.9 Å². The van der Waals surface area contributed by atoms with Gasteiger partial charge in [-0.15, -0.1) is 0 Å². The zero-order valence-electron chi connectivity index (χ0n) is 21.2. The third-order valence-corrected chi connectivity index (χ3v) is 8.81. The van der Waals surface area contributed by atoms with Crippen LogP contribution in [0.2, 0.25) is 0 Å². The first-order chi connectivity index (χ1) is 16.6. The first kappa shape index (κ1) is 25.9. The number of rotatable bonds is 9. The highest BCUT2D eigenvalue weighted by molar-refractivity contribution is 5.82. The number of nitrogens with zero attached hydrogens (tertiary/aromatic N) is 1. The molecule has 0 aromatic rings. The van der Waals surface area contributed by atoms with Gasteiger partial charge in [0.25, 0.3) is 0 Å². The summed E-state index contributed by atoms with van der Waals surface area (Å²) in [6.07, 6.45) is 10.4. The molecule has 3 saturated heterocycles. The van der Waals surface area contributed by atoms with Crippen molar-refractivity contribution >= 4 is 11.8 Å². The quantitative estimate of drug-likeness (QED) is 0.437. The molecule has 5 unspecified atom stereocenters. The van der Waals surface area contributed by atoms with Crippen molar-refractivity contribution in [1.82, 2.24) is 20.9 Å². The van der Waals surface area contributed by atoms with Crippen molar-refractivity contribution in [2.45, 2.75) is 88.5 Å². The van der Waals surface area contributed by atoms with Crippen molar-refractivity contribution in [2.24, 2.45) is 17.8 Å². The van der Waals surface area contributed by atoms with Gasteiger partial charge in [-0.05, 0) is 76.3 Å². The van der Waals surface area contributed by atoms with Gasteiger partial charge in [0.05, 0.1) is 24.2 Å². The molecule has 1 aliphatic carbocycles. The van der Waals surface area contributed by atoms with E-state index in [1.165, 1.54) is 6.42 Å². The van der Waals surface area contributed by atoms with Crippen molar-refractivity contribution < 1.29 is 19.1 Å². The van der Waals surface area contributed by atoms with E-state index in [1.54, 1.807) is 14.2 Å². The molecule has 2 amide bonds. The van der Waals surface area contributed by atoms with Crippen molar-refractivity contribution in [2.75, 3.05) is 46.9 Å². The molecular weight excluding hydrogens is 432 g/mol. The summed E-state index contributed by atoms with van der Waals surface area (Å²) in [4.78, 5) is 27.8. The van der Waals surface area contributed by atoms with Crippen molar-refractivity contribution in [3.8, 4) is 0 Å². The zero-order chi connectivity index (χ0) is 23.9. The second-order valence-electron chi connectivity index (χ2n) is 10.9. The van der Waals surface area contributed by atoms with Crippen LogP contribution in [0.15, 0.2) is 0 Å². The number of nitrogens with one attached hydrogen (secondary N) is 3. The molecule has 3 heterocycles. The maximum Gasteiger partial charge on any atom is 0.237 e. The minimum Gasteiger partial charge on any atom is -0.381 e. The van der Waals surface area contributed by atoms with Crippen LogP contribution in [-0.2, 0) is 19.1 Å². The summed E-state index contributed by atoms with van der Waals surface area (Å²) in [5.74, 6) is 1.50. The fourth-order valence-electron chi connectivity index (χ4n) is 6.71. The molecule has 1 saturated carbocycles. The highest BCUT2D eigenvalue weighted by Crippen LogP contribution is 2.32. The normalized spacial score (nSPS) is 34.6. The number of ether oxygens (including phenoxy) is 2. The number of carbonyl (C=O) groups excluding carboxylic acids is 2. The molecule has 0 aromatic heterocycles. The van der Waals surface area contributed by atoms with Gasteiger partial charge in [-0.1, -0.05) is 12.8 Å². The molecule has 0 radical (unpaired) electrons. The summed E-state index contributed by atoms with van der Waals surface area (Å²) in [6, 6.07) is 0.491. The molecule has 0 bridgehead atoms. The summed E-state index contributed by atoms with van der Waals surface area (Å²) in [7, 11) is 3.43. The van der Waals surface area contributed by atoms with E-state index in [2.05, 4.69) is 16.0 Å². The van der Waals surface area contributed by atoms with Gasteiger partial charge in [0, 0.05) is 39.9 Å². The van der Waals surface area contributed by atoms with Crippen LogP contribution < -0.4 is 16.0 Å². The van der Waals surface area contributed by atoms with Gasteiger partial charge in [0.15, 0.2) is 0 Å². The lowest BCUT2D eigenvalue weighted by molar-refractivity contribution is -0.153. The number of hydrogen-bond donors (Lipinski definition) is 3. The number of methoxy groups -OCH3 is 2. The van der Waals surface area contributed by atoms with Crippen LogP contribution in [-0.4, -0.2) is 87.9 Å². The number of fused-ring (bicyclic) bond motifs is 1. The van der Waals surface area contributed by atoms with Crippen LogP contribution in [0.3, 0.4) is 0 Å². The van der Waals surface area contributed by atoms with E-state index in [4.69, 9.17) is 9.47 Å². The minimum atomic E-state index is -0.168. The average molecular weight is 479 g/mol. The summed E-state index contributed by atoms with van der Waals surface area (Å²) in [5.41, 5.74) is 0. The van der Waals surface area contributed by atoms with E-state index < -0.39 is 0 Å². The number of carbonyl (C=O) groups is 2. The summed E-state index contributed by atoms with van der Waals surface area (Å²) in [6.45, 7) is 4.53. The first-order valence-electron chi connectivity index (χ1n) is 13.7. The van der Waals surface area contributed by atoms with Crippen LogP contribution >= 0.6 is 0 Å². The molecule has 3 aliphatic heterocycles. The maximum atomic E-state index is 13.3. The van der Waals surface area contributed by atoms with Crippen LogP contribution in [0.1, 0.15) is 64.2 Å². The largest absolute Gasteiger partial charge is 0.381 e. The van der Waals surface area contributed by atoms with Gasteiger partial charge in [0.2, 0.25) is 11.8 Å². The van der Waals surface area contributed by atoms with Gasteiger partial charge in [-0.25, -0.2) is 0 Å². The van der Waals surface area contributed by atoms with E-state index in [1.807, 2.05) is 4.90 Å². The van der Waals surface area contributed by atoms with Crippen LogP contribution in [0.5, 0.6) is 0 Å². The lowest BCUT2D eigenvalue weighted by atomic mass is 9.82. The van der Waals surface area contributed by atoms with E-state index >= 15 is 0 Å². The maximum absolute atomic E-state index is 13.3. The number of likely N-dealkylation sites (tertiary alicyclic amines) is 1.